The molecule has 1 aromatic carbocycles. The molecule has 0 saturated heterocycles. The Kier molecular flexibility index (Phi) is 4.22. The number of nitrogens with two attached hydrogens (primary N) is 2. The average molecular weight is 195 g/mol. The molecule has 4 heteroatoms. The van der Waals surface area contributed by atoms with E-state index in [1.165, 1.54) is 0 Å². The van der Waals surface area contributed by atoms with Crippen LogP contribution in [0.2, 0.25) is 0 Å². The standard InChI is InChI=1S/C10H17N3O/c11-7-10(5-6-14)13-9-3-1-8(12)2-4-9/h1-4,10,13-14H,5-7,11-12H2. The molecule has 78 valence electrons. The van der Waals surface area contributed by atoms with Gasteiger partial charge in [0, 0.05) is 30.6 Å². The molecule has 1 aromatic rings. The summed E-state index contributed by atoms with van der Waals surface area (Å²) < 4.78 is 0. The van der Waals surface area contributed by atoms with Crippen LogP contribution in [0.4, 0.5) is 11.4 Å². The Morgan fingerprint density at radius 1 is 1.29 bits per heavy atom. The number of aliphatic hydroxyl groups is 1. The van der Waals surface area contributed by atoms with Crippen LogP contribution in [0.1, 0.15) is 6.42 Å². The van der Waals surface area contributed by atoms with Crippen molar-refractivity contribution in [3.05, 3.63) is 24.3 Å². The van der Waals surface area contributed by atoms with Crippen molar-refractivity contribution in [2.24, 2.45) is 5.73 Å². The van der Waals surface area contributed by atoms with E-state index >= 15 is 0 Å². The van der Waals surface area contributed by atoms with Crippen molar-refractivity contribution in [1.29, 1.82) is 0 Å². The number of anilines is 2. The molecule has 0 aliphatic heterocycles. The molecule has 0 aromatic heterocycles. The fourth-order valence-electron chi connectivity index (χ4n) is 1.22. The zero-order chi connectivity index (χ0) is 10.4. The second kappa shape index (κ2) is 5.47. The summed E-state index contributed by atoms with van der Waals surface area (Å²) in [4.78, 5) is 0. The smallest absolute Gasteiger partial charge is 0.0451 e. The van der Waals surface area contributed by atoms with Gasteiger partial charge >= 0.3 is 0 Å². The fourth-order valence-corrected chi connectivity index (χ4v) is 1.22. The van der Waals surface area contributed by atoms with Crippen molar-refractivity contribution in [2.45, 2.75) is 12.5 Å². The van der Waals surface area contributed by atoms with Gasteiger partial charge in [-0.15, -0.1) is 0 Å². The van der Waals surface area contributed by atoms with Gasteiger partial charge in [0.1, 0.15) is 0 Å². The van der Waals surface area contributed by atoms with Crippen LogP contribution in [0.3, 0.4) is 0 Å². The number of aliphatic hydroxyl groups excluding tert-OH is 1. The SMILES string of the molecule is NCC(CCO)Nc1ccc(N)cc1. The number of nitrogens with one attached hydrogen (secondary N) is 1. The Balaban J connectivity index is 2.53. The second-order valence-corrected chi connectivity index (χ2v) is 3.21. The number of hydrogen-bond acceptors (Lipinski definition) is 4. The summed E-state index contributed by atoms with van der Waals surface area (Å²) in [7, 11) is 0. The summed E-state index contributed by atoms with van der Waals surface area (Å²) in [6, 6.07) is 7.57. The van der Waals surface area contributed by atoms with Gasteiger partial charge in [-0.3, -0.25) is 0 Å². The van der Waals surface area contributed by atoms with E-state index in [1.807, 2.05) is 24.3 Å². The summed E-state index contributed by atoms with van der Waals surface area (Å²) in [5.74, 6) is 0. The number of benzene rings is 1. The molecular formula is C10H17N3O. The van der Waals surface area contributed by atoms with Crippen molar-refractivity contribution in [2.75, 3.05) is 24.2 Å². The second-order valence-electron chi connectivity index (χ2n) is 3.21. The Morgan fingerprint density at radius 3 is 2.43 bits per heavy atom. The highest BCUT2D eigenvalue weighted by Gasteiger charge is 2.04. The summed E-state index contributed by atoms with van der Waals surface area (Å²) in [6.07, 6.45) is 0.654. The highest BCUT2D eigenvalue weighted by molar-refractivity contribution is 5.51. The molecule has 0 spiro atoms. The lowest BCUT2D eigenvalue weighted by atomic mass is 10.2. The lowest BCUT2D eigenvalue weighted by Crippen LogP contribution is -2.29. The first-order chi connectivity index (χ1) is 6.76. The highest BCUT2D eigenvalue weighted by Crippen LogP contribution is 2.12. The van der Waals surface area contributed by atoms with Crippen molar-refractivity contribution < 1.29 is 5.11 Å². The minimum absolute atomic E-state index is 0.114. The first-order valence-corrected chi connectivity index (χ1v) is 4.69. The summed E-state index contributed by atoms with van der Waals surface area (Å²) in [5.41, 5.74) is 12.8. The third kappa shape index (κ3) is 3.24. The maximum Gasteiger partial charge on any atom is 0.0451 e. The molecule has 1 unspecified atom stereocenters. The minimum atomic E-state index is 0.114. The third-order valence-electron chi connectivity index (χ3n) is 2.04. The fraction of sp³-hybridized carbons (Fsp3) is 0.400. The van der Waals surface area contributed by atoms with Gasteiger partial charge in [-0.05, 0) is 30.7 Å². The van der Waals surface area contributed by atoms with E-state index in [2.05, 4.69) is 5.32 Å². The summed E-state index contributed by atoms with van der Waals surface area (Å²) >= 11 is 0. The number of hydrogen-bond donors (Lipinski definition) is 4. The van der Waals surface area contributed by atoms with Gasteiger partial charge in [-0.2, -0.15) is 0 Å². The predicted octanol–water partition coefficient (Wildman–Crippen LogP) is 0.390. The van der Waals surface area contributed by atoms with Gasteiger partial charge in [0.15, 0.2) is 0 Å². The van der Waals surface area contributed by atoms with E-state index in [0.717, 1.165) is 11.4 Å². The highest BCUT2D eigenvalue weighted by atomic mass is 16.3. The van der Waals surface area contributed by atoms with Gasteiger partial charge in [-0.25, -0.2) is 0 Å². The Labute approximate surface area is 83.9 Å². The van der Waals surface area contributed by atoms with Crippen molar-refractivity contribution in [3.63, 3.8) is 0 Å². The topological polar surface area (TPSA) is 84.3 Å². The van der Waals surface area contributed by atoms with Crippen molar-refractivity contribution >= 4 is 11.4 Å². The maximum absolute atomic E-state index is 8.77. The Hall–Kier alpha value is -1.26. The predicted molar refractivity (Wildman–Crippen MR) is 59.0 cm³/mol. The first kappa shape index (κ1) is 10.8. The molecule has 14 heavy (non-hydrogen) atoms. The summed E-state index contributed by atoms with van der Waals surface area (Å²) in [5, 5.41) is 12.0. The van der Waals surface area contributed by atoms with E-state index in [4.69, 9.17) is 16.6 Å². The van der Waals surface area contributed by atoms with Crippen LogP contribution in [0.15, 0.2) is 24.3 Å². The van der Waals surface area contributed by atoms with Crippen molar-refractivity contribution in [3.8, 4) is 0 Å². The van der Waals surface area contributed by atoms with Gasteiger partial charge in [-0.1, -0.05) is 0 Å². The molecule has 0 bridgehead atoms. The number of rotatable bonds is 5. The van der Waals surface area contributed by atoms with Gasteiger partial charge in [0.05, 0.1) is 0 Å². The number of nitrogen functional groups attached to an aromatic ring is 1. The van der Waals surface area contributed by atoms with Crippen LogP contribution in [0.5, 0.6) is 0 Å². The monoisotopic (exact) mass is 195 g/mol. The zero-order valence-electron chi connectivity index (χ0n) is 8.11. The lowest BCUT2D eigenvalue weighted by molar-refractivity contribution is 0.280. The molecule has 0 saturated carbocycles. The van der Waals surface area contributed by atoms with Crippen LogP contribution in [0, 0.1) is 0 Å². The van der Waals surface area contributed by atoms with E-state index < -0.39 is 0 Å². The van der Waals surface area contributed by atoms with E-state index in [-0.39, 0.29) is 12.6 Å². The van der Waals surface area contributed by atoms with Crippen LogP contribution in [-0.4, -0.2) is 24.3 Å². The molecule has 4 nitrogen and oxygen atoms in total. The molecule has 0 aliphatic carbocycles. The van der Waals surface area contributed by atoms with Crippen LogP contribution in [-0.2, 0) is 0 Å². The molecule has 0 fully saturated rings. The Morgan fingerprint density at radius 2 is 1.93 bits per heavy atom. The third-order valence-corrected chi connectivity index (χ3v) is 2.04. The summed E-state index contributed by atoms with van der Waals surface area (Å²) in [6.45, 7) is 0.648. The van der Waals surface area contributed by atoms with Crippen molar-refractivity contribution in [1.82, 2.24) is 0 Å². The molecule has 0 radical (unpaired) electrons. The molecule has 6 N–H and O–H groups in total. The van der Waals surface area contributed by atoms with Crippen LogP contribution >= 0.6 is 0 Å². The largest absolute Gasteiger partial charge is 0.399 e. The van der Waals surface area contributed by atoms with Crippen LogP contribution in [0.25, 0.3) is 0 Å². The first-order valence-electron chi connectivity index (χ1n) is 4.69. The Bertz CT molecular complexity index is 261. The molecule has 0 heterocycles. The minimum Gasteiger partial charge on any atom is -0.399 e. The lowest BCUT2D eigenvalue weighted by Gasteiger charge is -2.16. The normalized spacial score (nSPS) is 12.4. The maximum atomic E-state index is 8.77. The van der Waals surface area contributed by atoms with Gasteiger partial charge < -0.3 is 21.9 Å². The van der Waals surface area contributed by atoms with E-state index in [9.17, 15) is 0 Å². The average Bonchev–Trinajstić information content (AvgIpc) is 2.20. The molecular weight excluding hydrogens is 178 g/mol. The van der Waals surface area contributed by atoms with Crippen LogP contribution < -0.4 is 16.8 Å². The molecule has 1 rings (SSSR count). The van der Waals surface area contributed by atoms with E-state index in [0.29, 0.717) is 13.0 Å². The van der Waals surface area contributed by atoms with E-state index in [1.54, 1.807) is 0 Å². The van der Waals surface area contributed by atoms with Gasteiger partial charge in [0.25, 0.3) is 0 Å². The molecule has 0 aliphatic rings. The molecule has 1 atom stereocenters. The quantitative estimate of drug-likeness (QED) is 0.512. The zero-order valence-corrected chi connectivity index (χ0v) is 8.11. The molecule has 0 amide bonds. The van der Waals surface area contributed by atoms with Gasteiger partial charge in [0.2, 0.25) is 0 Å².